The summed E-state index contributed by atoms with van der Waals surface area (Å²) in [6.45, 7) is 2.16. The predicted molar refractivity (Wildman–Crippen MR) is 36.8 cm³/mol. The highest BCUT2D eigenvalue weighted by Gasteiger charge is 2.47. The Morgan fingerprint density at radius 1 is 1.33 bits per heavy atom. The first kappa shape index (κ1) is 7.03. The van der Waals surface area contributed by atoms with Crippen molar-refractivity contribution < 1.29 is 4.79 Å². The first-order valence-electron chi connectivity index (χ1n) is 3.03. The number of ketones is 1. The van der Waals surface area contributed by atoms with E-state index in [4.69, 9.17) is 0 Å². The van der Waals surface area contributed by atoms with Gasteiger partial charge in [-0.05, 0) is 0 Å². The average Bonchev–Trinajstić information content (AvgIpc) is 1.51. The maximum absolute atomic E-state index is 10.5. The molecule has 1 spiro atoms. The first-order valence-corrected chi connectivity index (χ1v) is 3.03. The Morgan fingerprint density at radius 3 is 2.00 bits per heavy atom. The van der Waals surface area contributed by atoms with Gasteiger partial charge in [0.05, 0.1) is 0 Å². The lowest BCUT2D eigenvalue weighted by Gasteiger charge is -2.48. The minimum atomic E-state index is 0. The molecule has 2 rings (SSSR count). The molecule has 0 bridgehead atoms. The Morgan fingerprint density at radius 2 is 1.89 bits per heavy atom. The molecule has 0 aromatic heterocycles. The van der Waals surface area contributed by atoms with Crippen LogP contribution in [0.4, 0.5) is 0 Å². The van der Waals surface area contributed by atoms with E-state index >= 15 is 0 Å². The van der Waals surface area contributed by atoms with Crippen molar-refractivity contribution in [3.8, 4) is 0 Å². The average molecular weight is 148 g/mol. The third kappa shape index (κ3) is 0.864. The zero-order valence-corrected chi connectivity index (χ0v) is 5.96. The van der Waals surface area contributed by atoms with Crippen molar-refractivity contribution in [3.63, 3.8) is 0 Å². The molecule has 2 fully saturated rings. The van der Waals surface area contributed by atoms with Gasteiger partial charge < -0.3 is 5.32 Å². The molecule has 0 aromatic carbocycles. The molecule has 1 heterocycles. The fourth-order valence-corrected chi connectivity index (χ4v) is 1.51. The van der Waals surface area contributed by atoms with Crippen LogP contribution in [0.5, 0.6) is 0 Å². The molecule has 0 unspecified atom stereocenters. The fourth-order valence-electron chi connectivity index (χ4n) is 1.51. The van der Waals surface area contributed by atoms with Crippen molar-refractivity contribution in [3.05, 3.63) is 0 Å². The number of rotatable bonds is 0. The molecule has 1 aliphatic carbocycles. The minimum Gasteiger partial charge on any atom is -0.315 e. The van der Waals surface area contributed by atoms with Crippen LogP contribution in [0.15, 0.2) is 0 Å². The predicted octanol–water partition coefficient (Wildman–Crippen LogP) is 0.361. The van der Waals surface area contributed by atoms with Crippen LogP contribution in [0, 0.1) is 5.41 Å². The summed E-state index contributed by atoms with van der Waals surface area (Å²) in [5.41, 5.74) is 0.455. The second kappa shape index (κ2) is 1.96. The van der Waals surface area contributed by atoms with E-state index in [2.05, 4.69) is 5.32 Å². The first-order chi connectivity index (χ1) is 3.81. The number of nitrogens with one attached hydrogen (secondary N) is 1. The number of hydrogen-bond acceptors (Lipinski definition) is 2. The van der Waals surface area contributed by atoms with E-state index in [0.717, 1.165) is 25.9 Å². The molecule has 0 aromatic rings. The summed E-state index contributed by atoms with van der Waals surface area (Å²) in [4.78, 5) is 10.5. The van der Waals surface area contributed by atoms with Crippen LogP contribution in [-0.4, -0.2) is 18.9 Å². The van der Waals surface area contributed by atoms with Crippen molar-refractivity contribution in [2.24, 2.45) is 5.41 Å². The zero-order valence-electron chi connectivity index (χ0n) is 5.14. The minimum absolute atomic E-state index is 0. The molecular weight excluding hydrogens is 138 g/mol. The van der Waals surface area contributed by atoms with Crippen LogP contribution >= 0.6 is 12.4 Å². The van der Waals surface area contributed by atoms with Crippen molar-refractivity contribution in [2.45, 2.75) is 12.8 Å². The van der Waals surface area contributed by atoms with E-state index in [0.29, 0.717) is 11.2 Å². The summed E-state index contributed by atoms with van der Waals surface area (Å²) in [5.74, 6) is 0.450. The third-order valence-electron chi connectivity index (χ3n) is 2.14. The summed E-state index contributed by atoms with van der Waals surface area (Å²) >= 11 is 0. The summed E-state index contributed by atoms with van der Waals surface area (Å²) < 4.78 is 0. The lowest BCUT2D eigenvalue weighted by molar-refractivity contribution is -0.135. The Hall–Kier alpha value is -0.0800. The Balaban J connectivity index is 0.000000405. The molecule has 0 radical (unpaired) electrons. The summed E-state index contributed by atoms with van der Waals surface area (Å²) in [7, 11) is 0. The van der Waals surface area contributed by atoms with Gasteiger partial charge in [-0.2, -0.15) is 0 Å². The van der Waals surface area contributed by atoms with Gasteiger partial charge in [-0.1, -0.05) is 0 Å². The smallest absolute Gasteiger partial charge is 0.134 e. The summed E-state index contributed by atoms with van der Waals surface area (Å²) in [5, 5.41) is 3.17. The van der Waals surface area contributed by atoms with Gasteiger partial charge in [-0.3, -0.25) is 4.79 Å². The molecular formula is C6H10ClNO. The molecule has 2 nitrogen and oxygen atoms in total. The SMILES string of the molecule is Cl.O=C1CC2(CNC2)C1. The highest BCUT2D eigenvalue weighted by molar-refractivity contribution is 5.86. The van der Waals surface area contributed by atoms with E-state index in [9.17, 15) is 4.79 Å². The van der Waals surface area contributed by atoms with Gasteiger partial charge in [-0.25, -0.2) is 0 Å². The molecule has 1 aliphatic heterocycles. The summed E-state index contributed by atoms with van der Waals surface area (Å²) in [6.07, 6.45) is 1.69. The standard InChI is InChI=1S/C6H9NO.ClH/c8-5-1-6(2-5)3-7-4-6;/h7H,1-4H2;1H. The monoisotopic (exact) mass is 147 g/mol. The van der Waals surface area contributed by atoms with Gasteiger partial charge in [0.2, 0.25) is 0 Å². The maximum atomic E-state index is 10.5. The normalized spacial score (nSPS) is 28.2. The number of halogens is 1. The highest BCUT2D eigenvalue weighted by atomic mass is 35.5. The molecule has 2 aliphatic rings. The molecule has 0 amide bonds. The molecule has 1 saturated heterocycles. The van der Waals surface area contributed by atoms with Crippen LogP contribution in [-0.2, 0) is 4.79 Å². The quantitative estimate of drug-likeness (QED) is 0.536. The fraction of sp³-hybridized carbons (Fsp3) is 0.833. The van der Waals surface area contributed by atoms with Crippen LogP contribution in [0.1, 0.15) is 12.8 Å². The Bertz CT molecular complexity index is 132. The molecule has 0 atom stereocenters. The van der Waals surface area contributed by atoms with Gasteiger partial charge in [0.25, 0.3) is 0 Å². The van der Waals surface area contributed by atoms with Crippen molar-refractivity contribution >= 4 is 18.2 Å². The van der Waals surface area contributed by atoms with Gasteiger partial charge >= 0.3 is 0 Å². The van der Waals surface area contributed by atoms with Crippen LogP contribution in [0.25, 0.3) is 0 Å². The van der Waals surface area contributed by atoms with E-state index < -0.39 is 0 Å². The van der Waals surface area contributed by atoms with E-state index in [1.165, 1.54) is 0 Å². The van der Waals surface area contributed by atoms with Crippen LogP contribution in [0.3, 0.4) is 0 Å². The van der Waals surface area contributed by atoms with E-state index in [1.807, 2.05) is 0 Å². The lowest BCUT2D eigenvalue weighted by Crippen LogP contribution is -2.60. The van der Waals surface area contributed by atoms with Gasteiger partial charge in [0.15, 0.2) is 0 Å². The molecule has 9 heavy (non-hydrogen) atoms. The molecule has 52 valence electrons. The van der Waals surface area contributed by atoms with E-state index in [-0.39, 0.29) is 12.4 Å². The van der Waals surface area contributed by atoms with Crippen LogP contribution < -0.4 is 5.32 Å². The Labute approximate surface area is 60.4 Å². The zero-order chi connectivity index (χ0) is 5.61. The second-order valence-corrected chi connectivity index (χ2v) is 3.00. The number of hydrogen-bond donors (Lipinski definition) is 1. The third-order valence-corrected chi connectivity index (χ3v) is 2.14. The number of Topliss-reactive ketones (excluding diaryl/α,β-unsaturated/α-hetero) is 1. The second-order valence-electron chi connectivity index (χ2n) is 3.00. The lowest BCUT2D eigenvalue weighted by atomic mass is 9.64. The maximum Gasteiger partial charge on any atom is 0.134 e. The van der Waals surface area contributed by atoms with Crippen molar-refractivity contribution in [1.29, 1.82) is 0 Å². The van der Waals surface area contributed by atoms with E-state index in [1.54, 1.807) is 0 Å². The topological polar surface area (TPSA) is 29.1 Å². The summed E-state index contributed by atoms with van der Waals surface area (Å²) in [6, 6.07) is 0. The number of carbonyl (C=O) groups excluding carboxylic acids is 1. The molecule has 1 N–H and O–H groups in total. The van der Waals surface area contributed by atoms with Gasteiger partial charge in [0, 0.05) is 31.3 Å². The van der Waals surface area contributed by atoms with Crippen molar-refractivity contribution in [1.82, 2.24) is 5.32 Å². The molecule has 1 saturated carbocycles. The van der Waals surface area contributed by atoms with Crippen LogP contribution in [0.2, 0.25) is 0 Å². The largest absolute Gasteiger partial charge is 0.315 e. The Kier molecular flexibility index (Phi) is 1.53. The number of carbonyl (C=O) groups is 1. The van der Waals surface area contributed by atoms with Gasteiger partial charge in [0.1, 0.15) is 5.78 Å². The molecule has 3 heteroatoms. The van der Waals surface area contributed by atoms with Crippen molar-refractivity contribution in [2.75, 3.05) is 13.1 Å². The van der Waals surface area contributed by atoms with Gasteiger partial charge in [-0.15, -0.1) is 12.4 Å². The highest BCUT2D eigenvalue weighted by Crippen LogP contribution is 2.40.